The number of amides is 1. The Morgan fingerprint density at radius 2 is 1.88 bits per heavy atom. The molecule has 0 aliphatic heterocycles. The number of hydrogen-bond donors (Lipinski definition) is 0. The second kappa shape index (κ2) is 6.79. The summed E-state index contributed by atoms with van der Waals surface area (Å²) in [5.74, 6) is -0.0630. The number of aryl methyl sites for hydroxylation is 1. The molecular formula is C20H21N3O. The SMILES string of the molecule is Cc1ccnc(C[C@H](C)N(C)C(=O)c2nccc3ccccc23)c1. The van der Waals surface area contributed by atoms with E-state index in [1.54, 1.807) is 11.1 Å². The Morgan fingerprint density at radius 1 is 1.12 bits per heavy atom. The third-order valence-electron chi connectivity index (χ3n) is 4.33. The van der Waals surface area contributed by atoms with Gasteiger partial charge >= 0.3 is 0 Å². The topological polar surface area (TPSA) is 46.1 Å². The van der Waals surface area contributed by atoms with E-state index in [2.05, 4.69) is 16.0 Å². The molecule has 4 heteroatoms. The standard InChI is InChI=1S/C20H21N3O/c1-14-8-10-21-17(12-14)13-15(2)23(3)20(24)19-18-7-5-4-6-16(18)9-11-22-19/h4-12,15H,13H2,1-3H3/t15-/m0/s1. The normalized spacial score (nSPS) is 12.1. The van der Waals surface area contributed by atoms with Gasteiger partial charge in [-0.3, -0.25) is 14.8 Å². The molecule has 0 bridgehead atoms. The smallest absolute Gasteiger partial charge is 0.273 e. The van der Waals surface area contributed by atoms with Crippen LogP contribution in [0.2, 0.25) is 0 Å². The summed E-state index contributed by atoms with van der Waals surface area (Å²) >= 11 is 0. The number of nitrogens with zero attached hydrogens (tertiary/aromatic N) is 3. The van der Waals surface area contributed by atoms with E-state index in [-0.39, 0.29) is 11.9 Å². The van der Waals surface area contributed by atoms with Gasteiger partial charge in [0.1, 0.15) is 5.69 Å². The maximum Gasteiger partial charge on any atom is 0.273 e. The number of rotatable bonds is 4. The Labute approximate surface area is 142 Å². The zero-order chi connectivity index (χ0) is 17.1. The quantitative estimate of drug-likeness (QED) is 0.737. The van der Waals surface area contributed by atoms with Gasteiger partial charge in [0.2, 0.25) is 0 Å². The predicted molar refractivity (Wildman–Crippen MR) is 96.0 cm³/mol. The largest absolute Gasteiger partial charge is 0.337 e. The molecule has 122 valence electrons. The van der Waals surface area contributed by atoms with Crippen LogP contribution in [0.4, 0.5) is 0 Å². The van der Waals surface area contributed by atoms with Gasteiger partial charge in [0.15, 0.2) is 0 Å². The number of carbonyl (C=O) groups is 1. The highest BCUT2D eigenvalue weighted by Gasteiger charge is 2.21. The second-order valence-corrected chi connectivity index (χ2v) is 6.17. The summed E-state index contributed by atoms with van der Waals surface area (Å²) in [6.07, 6.45) is 4.22. The molecule has 0 saturated carbocycles. The molecule has 0 spiro atoms. The van der Waals surface area contributed by atoms with E-state index < -0.39 is 0 Å². The molecule has 1 amide bonds. The van der Waals surface area contributed by atoms with Gasteiger partial charge in [0.25, 0.3) is 5.91 Å². The predicted octanol–water partition coefficient (Wildman–Crippen LogP) is 3.64. The Hall–Kier alpha value is -2.75. The van der Waals surface area contributed by atoms with Gasteiger partial charge in [-0.15, -0.1) is 0 Å². The summed E-state index contributed by atoms with van der Waals surface area (Å²) in [7, 11) is 1.83. The molecule has 1 aromatic carbocycles. The average Bonchev–Trinajstić information content (AvgIpc) is 2.60. The lowest BCUT2D eigenvalue weighted by atomic mass is 10.1. The molecule has 2 aromatic heterocycles. The molecule has 0 saturated heterocycles. The van der Waals surface area contributed by atoms with Crippen LogP contribution >= 0.6 is 0 Å². The monoisotopic (exact) mass is 319 g/mol. The van der Waals surface area contributed by atoms with Crippen LogP contribution in [0.1, 0.15) is 28.7 Å². The number of hydrogen-bond acceptors (Lipinski definition) is 3. The van der Waals surface area contributed by atoms with Crippen LogP contribution in [-0.4, -0.2) is 33.9 Å². The van der Waals surface area contributed by atoms with Crippen LogP contribution < -0.4 is 0 Å². The van der Waals surface area contributed by atoms with Gasteiger partial charge in [0.05, 0.1) is 0 Å². The third-order valence-corrected chi connectivity index (χ3v) is 4.33. The fourth-order valence-electron chi connectivity index (χ4n) is 2.81. The van der Waals surface area contributed by atoms with Gasteiger partial charge < -0.3 is 4.90 Å². The van der Waals surface area contributed by atoms with E-state index in [1.165, 1.54) is 5.56 Å². The molecule has 3 aromatic rings. The molecule has 0 aliphatic rings. The molecule has 2 heterocycles. The number of carbonyl (C=O) groups excluding carboxylic acids is 1. The first-order valence-electron chi connectivity index (χ1n) is 8.08. The van der Waals surface area contributed by atoms with Gasteiger partial charge in [0, 0.05) is 43.0 Å². The third kappa shape index (κ3) is 3.27. The highest BCUT2D eigenvalue weighted by molar-refractivity contribution is 6.05. The van der Waals surface area contributed by atoms with Crippen molar-refractivity contribution < 1.29 is 4.79 Å². The average molecular weight is 319 g/mol. The summed E-state index contributed by atoms with van der Waals surface area (Å²) in [4.78, 5) is 23.4. The highest BCUT2D eigenvalue weighted by Crippen LogP contribution is 2.19. The van der Waals surface area contributed by atoms with E-state index in [1.807, 2.05) is 63.5 Å². The molecule has 0 aliphatic carbocycles. The minimum absolute atomic E-state index is 0.0348. The molecule has 3 rings (SSSR count). The van der Waals surface area contributed by atoms with Crippen molar-refractivity contribution in [2.75, 3.05) is 7.05 Å². The lowest BCUT2D eigenvalue weighted by Gasteiger charge is -2.25. The van der Waals surface area contributed by atoms with Gasteiger partial charge in [-0.1, -0.05) is 24.3 Å². The maximum absolute atomic E-state index is 12.9. The van der Waals surface area contributed by atoms with Crippen molar-refractivity contribution in [3.63, 3.8) is 0 Å². The molecule has 4 nitrogen and oxygen atoms in total. The molecule has 0 N–H and O–H groups in total. The Bertz CT molecular complexity index is 870. The van der Waals surface area contributed by atoms with E-state index in [9.17, 15) is 4.79 Å². The van der Waals surface area contributed by atoms with E-state index in [0.717, 1.165) is 16.5 Å². The lowest BCUT2D eigenvalue weighted by Crippen LogP contribution is -2.37. The van der Waals surface area contributed by atoms with Crippen molar-refractivity contribution in [2.24, 2.45) is 0 Å². The molecule has 1 atom stereocenters. The second-order valence-electron chi connectivity index (χ2n) is 6.17. The van der Waals surface area contributed by atoms with Crippen molar-refractivity contribution >= 4 is 16.7 Å². The fraction of sp³-hybridized carbons (Fsp3) is 0.250. The molecule has 0 unspecified atom stereocenters. The van der Waals surface area contributed by atoms with Crippen molar-refractivity contribution in [2.45, 2.75) is 26.3 Å². The maximum atomic E-state index is 12.9. The minimum atomic E-state index is -0.0630. The Balaban J connectivity index is 1.83. The van der Waals surface area contributed by atoms with Crippen LogP contribution in [0.5, 0.6) is 0 Å². The minimum Gasteiger partial charge on any atom is -0.337 e. The van der Waals surface area contributed by atoms with Crippen molar-refractivity contribution in [3.05, 3.63) is 71.8 Å². The number of aromatic nitrogens is 2. The van der Waals surface area contributed by atoms with Crippen LogP contribution in [0.15, 0.2) is 54.9 Å². The highest BCUT2D eigenvalue weighted by atomic mass is 16.2. The molecule has 0 radical (unpaired) electrons. The lowest BCUT2D eigenvalue weighted by molar-refractivity contribution is 0.0739. The summed E-state index contributed by atoms with van der Waals surface area (Å²) < 4.78 is 0. The molecular weight excluding hydrogens is 298 g/mol. The van der Waals surface area contributed by atoms with Crippen LogP contribution in [0, 0.1) is 6.92 Å². The van der Waals surface area contributed by atoms with E-state index in [0.29, 0.717) is 12.1 Å². The number of likely N-dealkylation sites (N-methyl/N-ethyl adjacent to an activating group) is 1. The van der Waals surface area contributed by atoms with Crippen molar-refractivity contribution in [1.82, 2.24) is 14.9 Å². The molecule has 24 heavy (non-hydrogen) atoms. The number of pyridine rings is 2. The first-order valence-corrected chi connectivity index (χ1v) is 8.08. The summed E-state index contributed by atoms with van der Waals surface area (Å²) in [5.41, 5.74) is 2.67. The first kappa shape index (κ1) is 16.1. The van der Waals surface area contributed by atoms with Crippen molar-refractivity contribution in [1.29, 1.82) is 0 Å². The first-order chi connectivity index (χ1) is 11.6. The fourth-order valence-corrected chi connectivity index (χ4v) is 2.81. The number of benzene rings is 1. The van der Waals surface area contributed by atoms with E-state index >= 15 is 0 Å². The number of fused-ring (bicyclic) bond motifs is 1. The van der Waals surface area contributed by atoms with E-state index in [4.69, 9.17) is 0 Å². The summed E-state index contributed by atoms with van der Waals surface area (Å²) in [6, 6.07) is 13.8. The molecule has 0 fully saturated rings. The van der Waals surface area contributed by atoms with Crippen molar-refractivity contribution in [3.8, 4) is 0 Å². The Kier molecular flexibility index (Phi) is 4.56. The summed E-state index contributed by atoms with van der Waals surface area (Å²) in [5, 5.41) is 1.91. The summed E-state index contributed by atoms with van der Waals surface area (Å²) in [6.45, 7) is 4.08. The zero-order valence-electron chi connectivity index (χ0n) is 14.2. The van der Waals surface area contributed by atoms with Crippen LogP contribution in [0.3, 0.4) is 0 Å². The van der Waals surface area contributed by atoms with Gasteiger partial charge in [-0.05, 0) is 43.0 Å². The Morgan fingerprint density at radius 3 is 2.67 bits per heavy atom. The van der Waals surface area contributed by atoms with Gasteiger partial charge in [-0.2, -0.15) is 0 Å². The van der Waals surface area contributed by atoms with Gasteiger partial charge in [-0.25, -0.2) is 0 Å². The van der Waals surface area contributed by atoms with Crippen LogP contribution in [-0.2, 0) is 6.42 Å². The van der Waals surface area contributed by atoms with Crippen LogP contribution in [0.25, 0.3) is 10.8 Å². The zero-order valence-corrected chi connectivity index (χ0v) is 14.2.